The topological polar surface area (TPSA) is 83.9 Å². The molecule has 0 saturated carbocycles. The Morgan fingerprint density at radius 2 is 1.96 bits per heavy atom. The highest BCUT2D eigenvalue weighted by atomic mass is 32.2. The van der Waals surface area contributed by atoms with Crippen LogP contribution >= 0.6 is 24.0 Å². The quantitative estimate of drug-likeness (QED) is 0.451. The van der Waals surface area contributed by atoms with Crippen molar-refractivity contribution in [3.8, 4) is 0 Å². The molecule has 1 fully saturated rings. The van der Waals surface area contributed by atoms with Crippen molar-refractivity contribution in [2.45, 2.75) is 26.3 Å². The van der Waals surface area contributed by atoms with E-state index in [1.54, 1.807) is 37.3 Å². The number of thioether (sulfide) groups is 1. The Labute approximate surface area is 161 Å². The van der Waals surface area contributed by atoms with Gasteiger partial charge in [0.2, 0.25) is 0 Å². The molecule has 0 aliphatic carbocycles. The fraction of sp³-hybridized carbons (Fsp3) is 0.333. The van der Waals surface area contributed by atoms with E-state index >= 15 is 0 Å². The van der Waals surface area contributed by atoms with Gasteiger partial charge in [-0.3, -0.25) is 9.69 Å². The number of aliphatic carboxylic acids is 1. The maximum Gasteiger partial charge on any atom is 0.337 e. The molecule has 1 amide bonds. The van der Waals surface area contributed by atoms with E-state index in [4.69, 9.17) is 12.2 Å². The molecule has 1 aromatic carbocycles. The van der Waals surface area contributed by atoms with Crippen molar-refractivity contribution in [1.29, 1.82) is 0 Å². The summed E-state index contributed by atoms with van der Waals surface area (Å²) in [4.78, 5) is 37.4. The minimum Gasteiger partial charge on any atom is -0.480 e. The third kappa shape index (κ3) is 4.13. The summed E-state index contributed by atoms with van der Waals surface area (Å²) in [5.74, 6) is -2.15. The summed E-state index contributed by atoms with van der Waals surface area (Å²) in [7, 11) is 1.30. The first-order valence-electron chi connectivity index (χ1n) is 7.98. The Hall–Kier alpha value is -2.19. The normalized spacial score (nSPS) is 18.1. The van der Waals surface area contributed by atoms with Crippen molar-refractivity contribution in [2.24, 2.45) is 5.92 Å². The first-order chi connectivity index (χ1) is 12.3. The predicted octanol–water partition coefficient (Wildman–Crippen LogP) is 3.17. The number of hydrogen-bond acceptors (Lipinski definition) is 6. The van der Waals surface area contributed by atoms with Crippen LogP contribution in [-0.2, 0) is 14.3 Å². The van der Waals surface area contributed by atoms with Gasteiger partial charge in [-0.15, -0.1) is 0 Å². The molecule has 0 bridgehead atoms. The number of rotatable bonds is 6. The van der Waals surface area contributed by atoms with Crippen LogP contribution in [0.4, 0.5) is 0 Å². The molecule has 1 saturated heterocycles. The van der Waals surface area contributed by atoms with Crippen LogP contribution in [0.3, 0.4) is 0 Å². The average Bonchev–Trinajstić information content (AvgIpc) is 2.89. The number of thiocarbonyl (C=S) groups is 1. The second kappa shape index (κ2) is 8.46. The third-order valence-corrected chi connectivity index (χ3v) is 5.50. The van der Waals surface area contributed by atoms with Gasteiger partial charge in [0.15, 0.2) is 0 Å². The van der Waals surface area contributed by atoms with Gasteiger partial charge < -0.3 is 9.84 Å². The van der Waals surface area contributed by atoms with Crippen LogP contribution < -0.4 is 0 Å². The lowest BCUT2D eigenvalue weighted by Gasteiger charge is -2.27. The zero-order valence-corrected chi connectivity index (χ0v) is 16.2. The molecular formula is C18H19NO5S2. The highest BCUT2D eigenvalue weighted by Crippen LogP contribution is 2.36. The average molecular weight is 393 g/mol. The zero-order chi connectivity index (χ0) is 19.4. The maximum atomic E-state index is 12.7. The van der Waals surface area contributed by atoms with Crippen molar-refractivity contribution in [3.63, 3.8) is 0 Å². The molecule has 8 heteroatoms. The molecule has 0 radical (unpaired) electrons. The number of carboxylic acid groups (broad SMARTS) is 1. The molecular weight excluding hydrogens is 374 g/mol. The van der Waals surface area contributed by atoms with Gasteiger partial charge in [-0.2, -0.15) is 0 Å². The third-order valence-electron chi connectivity index (χ3n) is 4.17. The van der Waals surface area contributed by atoms with E-state index in [9.17, 15) is 19.5 Å². The molecule has 1 aliphatic heterocycles. The second-order valence-electron chi connectivity index (χ2n) is 5.83. The van der Waals surface area contributed by atoms with Gasteiger partial charge in [-0.05, 0) is 29.7 Å². The number of methoxy groups -OCH3 is 1. The molecule has 2 rings (SSSR count). The number of nitrogens with zero attached hydrogens (tertiary/aromatic N) is 1. The molecule has 6 nitrogen and oxygen atoms in total. The first kappa shape index (κ1) is 20.1. The lowest BCUT2D eigenvalue weighted by molar-refractivity contribution is -0.147. The number of hydrogen-bond donors (Lipinski definition) is 1. The van der Waals surface area contributed by atoms with E-state index in [2.05, 4.69) is 4.74 Å². The number of ether oxygens (including phenoxy) is 1. The summed E-state index contributed by atoms with van der Waals surface area (Å²) < 4.78 is 4.88. The van der Waals surface area contributed by atoms with Gasteiger partial charge in [0.1, 0.15) is 10.4 Å². The maximum absolute atomic E-state index is 12.7. The zero-order valence-electron chi connectivity index (χ0n) is 14.6. The molecule has 26 heavy (non-hydrogen) atoms. The summed E-state index contributed by atoms with van der Waals surface area (Å²) in [6.45, 7) is 3.66. The van der Waals surface area contributed by atoms with Crippen molar-refractivity contribution in [2.75, 3.05) is 7.11 Å². The number of esters is 1. The molecule has 0 unspecified atom stereocenters. The van der Waals surface area contributed by atoms with Crippen molar-refractivity contribution < 1.29 is 24.2 Å². The SMILES string of the molecule is CC[C@H](C)[C@@H](C(=O)O)N1C(=O)/C(=C/c2ccc(C(=O)OC)cc2)SC1=S. The van der Waals surface area contributed by atoms with E-state index in [-0.39, 0.29) is 10.2 Å². The van der Waals surface area contributed by atoms with E-state index in [0.29, 0.717) is 22.5 Å². The van der Waals surface area contributed by atoms with Crippen molar-refractivity contribution >= 4 is 52.2 Å². The Morgan fingerprint density at radius 3 is 2.46 bits per heavy atom. The summed E-state index contributed by atoms with van der Waals surface area (Å²) in [5, 5.41) is 9.53. The molecule has 1 heterocycles. The van der Waals surface area contributed by atoms with Crippen LogP contribution in [0.2, 0.25) is 0 Å². The molecule has 138 valence electrons. The minimum atomic E-state index is -1.07. The van der Waals surface area contributed by atoms with E-state index in [1.807, 2.05) is 6.92 Å². The number of benzene rings is 1. The van der Waals surface area contributed by atoms with E-state index in [0.717, 1.165) is 11.8 Å². The van der Waals surface area contributed by atoms with Crippen molar-refractivity contribution in [1.82, 2.24) is 4.90 Å². The van der Waals surface area contributed by atoms with Crippen LogP contribution in [0.15, 0.2) is 29.2 Å². The van der Waals surface area contributed by atoms with Crippen LogP contribution in [0.5, 0.6) is 0 Å². The minimum absolute atomic E-state index is 0.228. The van der Waals surface area contributed by atoms with Crippen LogP contribution in [-0.4, -0.2) is 45.3 Å². The standard InChI is InChI=1S/C18H19NO5S2/c1-4-10(2)14(16(21)22)19-15(20)13(26-18(19)25)9-11-5-7-12(8-6-11)17(23)24-3/h5-10,14H,4H2,1-3H3,(H,21,22)/b13-9-/t10-,14-/m0/s1. The molecule has 1 aliphatic rings. The van der Waals surface area contributed by atoms with E-state index in [1.165, 1.54) is 12.0 Å². The highest BCUT2D eigenvalue weighted by molar-refractivity contribution is 8.26. The summed E-state index contributed by atoms with van der Waals surface area (Å²) in [5.41, 5.74) is 1.11. The molecule has 0 aromatic heterocycles. The second-order valence-corrected chi connectivity index (χ2v) is 7.51. The predicted molar refractivity (Wildman–Crippen MR) is 104 cm³/mol. The Kier molecular flexibility index (Phi) is 6.55. The van der Waals surface area contributed by atoms with Crippen molar-refractivity contribution in [3.05, 3.63) is 40.3 Å². The Morgan fingerprint density at radius 1 is 1.35 bits per heavy atom. The van der Waals surface area contributed by atoms with Gasteiger partial charge in [0.05, 0.1) is 17.6 Å². The largest absolute Gasteiger partial charge is 0.480 e. The van der Waals surface area contributed by atoms with Gasteiger partial charge in [-0.25, -0.2) is 9.59 Å². The van der Waals surface area contributed by atoms with Crippen LogP contribution in [0.25, 0.3) is 6.08 Å². The summed E-state index contributed by atoms with van der Waals surface area (Å²) >= 11 is 6.33. The number of carbonyl (C=O) groups excluding carboxylic acids is 2. The van der Waals surface area contributed by atoms with E-state index < -0.39 is 23.9 Å². The molecule has 0 spiro atoms. The first-order valence-corrected chi connectivity index (χ1v) is 9.20. The van der Waals surface area contributed by atoms with Gasteiger partial charge in [0.25, 0.3) is 5.91 Å². The molecule has 2 atom stereocenters. The Balaban J connectivity index is 2.28. The molecule has 1 N–H and O–H groups in total. The fourth-order valence-corrected chi connectivity index (χ4v) is 3.87. The van der Waals surface area contributed by atoms with Gasteiger partial charge in [0, 0.05) is 0 Å². The summed E-state index contributed by atoms with van der Waals surface area (Å²) in [6, 6.07) is 5.57. The monoisotopic (exact) mass is 393 g/mol. The number of amides is 1. The number of carbonyl (C=O) groups is 3. The van der Waals surface area contributed by atoms with Gasteiger partial charge in [-0.1, -0.05) is 56.4 Å². The fourth-order valence-electron chi connectivity index (χ4n) is 2.54. The summed E-state index contributed by atoms with van der Waals surface area (Å²) in [6.07, 6.45) is 2.25. The van der Waals surface area contributed by atoms with Crippen LogP contribution in [0, 0.1) is 5.92 Å². The molecule has 1 aromatic rings. The van der Waals surface area contributed by atoms with Gasteiger partial charge >= 0.3 is 11.9 Å². The lowest BCUT2D eigenvalue weighted by atomic mass is 9.98. The lowest BCUT2D eigenvalue weighted by Crippen LogP contribution is -2.47. The highest BCUT2D eigenvalue weighted by Gasteiger charge is 2.42. The number of carboxylic acids is 1. The smallest absolute Gasteiger partial charge is 0.337 e. The Bertz CT molecular complexity index is 772. The van der Waals surface area contributed by atoms with Crippen LogP contribution in [0.1, 0.15) is 36.2 Å².